The molecule has 0 aromatic rings. The van der Waals surface area contributed by atoms with Gasteiger partial charge in [0.15, 0.2) is 4.91 Å². The zero-order chi connectivity index (χ0) is 14.4. The first-order valence-electron chi connectivity index (χ1n) is 4.26. The number of amides is 1. The Morgan fingerprint density at radius 3 is 1.65 bits per heavy atom. The predicted molar refractivity (Wildman–Crippen MR) is 61.2 cm³/mol. The van der Waals surface area contributed by atoms with E-state index in [1.807, 2.05) is 0 Å². The lowest BCUT2D eigenvalue weighted by Crippen LogP contribution is -2.19. The SMILES string of the molecule is C=C(C(N)=O)S(=O)(=O)O.CCC(C)S(=O)(=O)O. The summed E-state index contributed by atoms with van der Waals surface area (Å²) in [6.45, 7) is 5.89. The van der Waals surface area contributed by atoms with Gasteiger partial charge in [-0.25, -0.2) is 0 Å². The number of carbonyl (C=O) groups excluding carboxylic acids is 1. The van der Waals surface area contributed by atoms with Crippen LogP contribution in [0.15, 0.2) is 11.5 Å². The Labute approximate surface area is 100 Å². The van der Waals surface area contributed by atoms with Crippen LogP contribution in [0.1, 0.15) is 20.3 Å². The van der Waals surface area contributed by atoms with Crippen molar-refractivity contribution in [3.63, 3.8) is 0 Å². The van der Waals surface area contributed by atoms with Crippen molar-refractivity contribution in [1.29, 1.82) is 0 Å². The molecule has 10 heteroatoms. The van der Waals surface area contributed by atoms with Gasteiger partial charge in [0, 0.05) is 0 Å². The highest BCUT2D eigenvalue weighted by atomic mass is 32.2. The Morgan fingerprint density at radius 1 is 1.29 bits per heavy atom. The molecular weight excluding hydrogens is 274 g/mol. The molecular formula is C7H15NO7S2. The van der Waals surface area contributed by atoms with Crippen molar-refractivity contribution >= 4 is 26.1 Å². The third kappa shape index (κ3) is 8.80. The molecule has 4 N–H and O–H groups in total. The molecule has 0 saturated carbocycles. The van der Waals surface area contributed by atoms with Gasteiger partial charge in [0.05, 0.1) is 5.25 Å². The summed E-state index contributed by atoms with van der Waals surface area (Å²) in [5.41, 5.74) is 4.44. The normalized spacial score (nSPS) is 13.2. The molecule has 8 nitrogen and oxygen atoms in total. The van der Waals surface area contributed by atoms with Gasteiger partial charge in [-0.15, -0.1) is 0 Å². The van der Waals surface area contributed by atoms with Crippen LogP contribution >= 0.6 is 0 Å². The number of rotatable bonds is 4. The summed E-state index contributed by atoms with van der Waals surface area (Å²) >= 11 is 0. The van der Waals surface area contributed by atoms with Crippen LogP contribution in [0.5, 0.6) is 0 Å². The molecule has 102 valence electrons. The van der Waals surface area contributed by atoms with E-state index in [0.29, 0.717) is 6.42 Å². The maximum atomic E-state index is 10.1. The number of nitrogens with two attached hydrogens (primary N) is 1. The van der Waals surface area contributed by atoms with Crippen molar-refractivity contribution in [1.82, 2.24) is 0 Å². The highest BCUT2D eigenvalue weighted by molar-refractivity contribution is 7.90. The van der Waals surface area contributed by atoms with Crippen molar-refractivity contribution in [3.05, 3.63) is 11.5 Å². The van der Waals surface area contributed by atoms with Gasteiger partial charge in [0.2, 0.25) is 0 Å². The van der Waals surface area contributed by atoms with E-state index >= 15 is 0 Å². The number of hydrogen-bond donors (Lipinski definition) is 3. The van der Waals surface area contributed by atoms with Gasteiger partial charge in [-0.2, -0.15) is 16.8 Å². The molecule has 1 amide bonds. The summed E-state index contributed by atoms with van der Waals surface area (Å²) < 4.78 is 56.4. The fraction of sp³-hybridized carbons (Fsp3) is 0.571. The quantitative estimate of drug-likeness (QED) is 0.468. The summed E-state index contributed by atoms with van der Waals surface area (Å²) in [5.74, 6) is -1.25. The van der Waals surface area contributed by atoms with Crippen LogP contribution in [0, 0.1) is 0 Å². The summed E-state index contributed by atoms with van der Waals surface area (Å²) in [5, 5.41) is -0.623. The Morgan fingerprint density at radius 2 is 1.65 bits per heavy atom. The van der Waals surface area contributed by atoms with Crippen LogP contribution in [0.25, 0.3) is 0 Å². The van der Waals surface area contributed by atoms with E-state index in [2.05, 4.69) is 12.3 Å². The maximum Gasteiger partial charge on any atom is 0.299 e. The standard InChI is InChI=1S/C4H10O3S.C3H5NO4S/c1-3-4(2)8(5,6)7;1-2(3(4)5)9(6,7)8/h4H,3H2,1-2H3,(H,5,6,7);1H2,(H2,4,5)(H,6,7,8). The fourth-order valence-corrected chi connectivity index (χ4v) is 1.01. The van der Waals surface area contributed by atoms with E-state index in [1.165, 1.54) is 6.92 Å². The van der Waals surface area contributed by atoms with Crippen molar-refractivity contribution in [2.24, 2.45) is 5.73 Å². The minimum Gasteiger partial charge on any atom is -0.365 e. The van der Waals surface area contributed by atoms with Crippen molar-refractivity contribution in [3.8, 4) is 0 Å². The highest BCUT2D eigenvalue weighted by Gasteiger charge is 2.15. The van der Waals surface area contributed by atoms with Gasteiger partial charge in [-0.1, -0.05) is 13.5 Å². The molecule has 0 bridgehead atoms. The van der Waals surface area contributed by atoms with Gasteiger partial charge in [-0.05, 0) is 13.3 Å². The third-order valence-corrected chi connectivity index (χ3v) is 3.84. The van der Waals surface area contributed by atoms with Crippen LogP contribution in [0.3, 0.4) is 0 Å². The zero-order valence-corrected chi connectivity index (χ0v) is 11.0. The van der Waals surface area contributed by atoms with Crippen LogP contribution in [0.2, 0.25) is 0 Å². The summed E-state index contributed by atoms with van der Waals surface area (Å²) in [6, 6.07) is 0. The molecule has 0 radical (unpaired) electrons. The zero-order valence-electron chi connectivity index (χ0n) is 9.32. The largest absolute Gasteiger partial charge is 0.365 e. The van der Waals surface area contributed by atoms with E-state index in [0.717, 1.165) is 0 Å². The van der Waals surface area contributed by atoms with E-state index in [-0.39, 0.29) is 0 Å². The molecule has 0 aliphatic heterocycles. The van der Waals surface area contributed by atoms with Crippen LogP contribution in [-0.2, 0) is 25.0 Å². The Bertz CT molecular complexity index is 476. The molecule has 1 atom stereocenters. The number of primary amides is 1. The van der Waals surface area contributed by atoms with Gasteiger partial charge >= 0.3 is 0 Å². The lowest BCUT2D eigenvalue weighted by atomic mass is 10.4. The Balaban J connectivity index is 0. The molecule has 1 unspecified atom stereocenters. The van der Waals surface area contributed by atoms with Gasteiger partial charge < -0.3 is 5.73 Å². The smallest absolute Gasteiger partial charge is 0.299 e. The van der Waals surface area contributed by atoms with E-state index < -0.39 is 36.3 Å². The summed E-state index contributed by atoms with van der Waals surface area (Å²) in [7, 11) is -8.22. The maximum absolute atomic E-state index is 10.1. The second-order valence-corrected chi connectivity index (χ2v) is 6.27. The second kappa shape index (κ2) is 6.69. The third-order valence-electron chi connectivity index (χ3n) is 1.67. The van der Waals surface area contributed by atoms with Crippen LogP contribution in [-0.4, -0.2) is 37.1 Å². The second-order valence-electron chi connectivity index (χ2n) is 3.00. The first-order valence-corrected chi connectivity index (χ1v) is 7.20. The van der Waals surface area contributed by atoms with Gasteiger partial charge in [-0.3, -0.25) is 13.9 Å². The van der Waals surface area contributed by atoms with E-state index in [1.54, 1.807) is 6.92 Å². The summed E-state index contributed by atoms with van der Waals surface area (Å²) in [4.78, 5) is 8.93. The van der Waals surface area contributed by atoms with Gasteiger partial charge in [0.25, 0.3) is 26.1 Å². The number of hydrogen-bond acceptors (Lipinski definition) is 5. The molecule has 0 fully saturated rings. The molecule has 0 rings (SSSR count). The molecule has 0 aliphatic carbocycles. The average Bonchev–Trinajstić information content (AvgIpc) is 2.13. The Hall–Kier alpha value is -0.970. The first-order chi connectivity index (χ1) is 7.34. The minimum absolute atomic E-state index is 0.457. The van der Waals surface area contributed by atoms with E-state index in [4.69, 9.17) is 9.11 Å². The van der Waals surface area contributed by atoms with Crippen LogP contribution < -0.4 is 5.73 Å². The highest BCUT2D eigenvalue weighted by Crippen LogP contribution is 2.00. The molecule has 0 aliphatic rings. The molecule has 0 aromatic carbocycles. The lowest BCUT2D eigenvalue weighted by molar-refractivity contribution is -0.113. The van der Waals surface area contributed by atoms with E-state index in [9.17, 15) is 21.6 Å². The van der Waals surface area contributed by atoms with Crippen molar-refractivity contribution < 1.29 is 30.7 Å². The first kappa shape index (κ1) is 18.4. The van der Waals surface area contributed by atoms with Gasteiger partial charge in [0.1, 0.15) is 0 Å². The molecule has 0 heterocycles. The molecule has 17 heavy (non-hydrogen) atoms. The molecule has 0 aromatic heterocycles. The van der Waals surface area contributed by atoms with Crippen molar-refractivity contribution in [2.75, 3.05) is 0 Å². The summed E-state index contributed by atoms with van der Waals surface area (Å²) in [6.07, 6.45) is 0.457. The molecule has 0 saturated heterocycles. The predicted octanol–water partition coefficient (Wildman–Crippen LogP) is -0.454. The van der Waals surface area contributed by atoms with Crippen LogP contribution in [0.4, 0.5) is 0 Å². The minimum atomic E-state index is -4.47. The topological polar surface area (TPSA) is 152 Å². The number of carbonyl (C=O) groups is 1. The lowest BCUT2D eigenvalue weighted by Gasteiger charge is -2.00. The monoisotopic (exact) mass is 289 g/mol. The average molecular weight is 289 g/mol. The Kier molecular flexibility index (Phi) is 7.24. The fourth-order valence-electron chi connectivity index (χ4n) is 0.338. The van der Waals surface area contributed by atoms with Crippen molar-refractivity contribution in [2.45, 2.75) is 25.5 Å². The molecule has 0 spiro atoms.